The highest BCUT2D eigenvalue weighted by atomic mass is 16.7. The molecule has 0 radical (unpaired) electrons. The van der Waals surface area contributed by atoms with Crippen molar-refractivity contribution in [2.24, 2.45) is 4.99 Å². The van der Waals surface area contributed by atoms with E-state index in [0.717, 1.165) is 49.1 Å². The molecule has 0 saturated carbocycles. The highest BCUT2D eigenvalue weighted by molar-refractivity contribution is 5.81. The van der Waals surface area contributed by atoms with Gasteiger partial charge < -0.3 is 19.1 Å². The molecule has 0 atom stereocenters. The van der Waals surface area contributed by atoms with E-state index in [0.29, 0.717) is 6.79 Å². The van der Waals surface area contributed by atoms with Gasteiger partial charge in [-0.3, -0.25) is 4.99 Å². The zero-order valence-electron chi connectivity index (χ0n) is 13.9. The van der Waals surface area contributed by atoms with E-state index >= 15 is 0 Å². The Morgan fingerprint density at radius 3 is 2.56 bits per heavy atom. The molecule has 0 spiro atoms. The molecule has 2 aliphatic heterocycles. The standard InChI is InChI=1S/C20H20N2O3/c1(2-16-3-8-19-20(14-16)25-15-24-19)9-21-17-4-6-18(7-5-17)22-10-12-23-13-11-22/h1-9,14H,10-13,15H2/b2-1+,21-9?. The minimum atomic E-state index is 0.296. The van der Waals surface area contributed by atoms with Crippen molar-refractivity contribution in [2.45, 2.75) is 0 Å². The van der Waals surface area contributed by atoms with Gasteiger partial charge in [-0.15, -0.1) is 0 Å². The fraction of sp³-hybridized carbons (Fsp3) is 0.250. The fourth-order valence-corrected chi connectivity index (χ4v) is 2.87. The molecule has 1 fully saturated rings. The number of rotatable bonds is 4. The number of fused-ring (bicyclic) bond motifs is 1. The van der Waals surface area contributed by atoms with E-state index in [4.69, 9.17) is 14.2 Å². The second-order valence-corrected chi connectivity index (χ2v) is 5.87. The van der Waals surface area contributed by atoms with E-state index in [1.807, 2.05) is 42.5 Å². The summed E-state index contributed by atoms with van der Waals surface area (Å²) in [7, 11) is 0. The first-order chi connectivity index (χ1) is 12.4. The normalized spacial score (nSPS) is 16.9. The molecule has 4 rings (SSSR count). The van der Waals surface area contributed by atoms with Gasteiger partial charge in [-0.2, -0.15) is 0 Å². The first-order valence-corrected chi connectivity index (χ1v) is 8.42. The summed E-state index contributed by atoms with van der Waals surface area (Å²) in [5.41, 5.74) is 3.21. The summed E-state index contributed by atoms with van der Waals surface area (Å²) < 4.78 is 16.1. The Bertz CT molecular complexity index is 778. The largest absolute Gasteiger partial charge is 0.454 e. The van der Waals surface area contributed by atoms with Gasteiger partial charge in [0.1, 0.15) is 0 Å². The number of ether oxygens (including phenoxy) is 3. The van der Waals surface area contributed by atoms with Crippen LogP contribution in [0.2, 0.25) is 0 Å². The van der Waals surface area contributed by atoms with Crippen LogP contribution in [-0.4, -0.2) is 39.3 Å². The molecule has 2 aliphatic rings. The maximum Gasteiger partial charge on any atom is 0.231 e. The van der Waals surface area contributed by atoms with Crippen LogP contribution in [0.1, 0.15) is 5.56 Å². The molecular weight excluding hydrogens is 316 g/mol. The predicted molar refractivity (Wildman–Crippen MR) is 99.2 cm³/mol. The minimum absolute atomic E-state index is 0.296. The number of aliphatic imine (C=N–C) groups is 1. The van der Waals surface area contributed by atoms with Crippen molar-refractivity contribution in [3.05, 3.63) is 54.1 Å². The van der Waals surface area contributed by atoms with E-state index in [1.165, 1.54) is 5.69 Å². The molecule has 0 amide bonds. The molecule has 0 bridgehead atoms. The van der Waals surface area contributed by atoms with Crippen molar-refractivity contribution >= 4 is 23.7 Å². The van der Waals surface area contributed by atoms with Gasteiger partial charge >= 0.3 is 0 Å². The van der Waals surface area contributed by atoms with Crippen LogP contribution in [0.15, 0.2) is 53.5 Å². The van der Waals surface area contributed by atoms with Crippen molar-refractivity contribution in [3.8, 4) is 11.5 Å². The molecule has 0 unspecified atom stereocenters. The number of allylic oxidation sites excluding steroid dienone is 1. The maximum atomic E-state index is 5.38. The number of benzene rings is 2. The molecule has 0 aliphatic carbocycles. The first kappa shape index (κ1) is 15.7. The van der Waals surface area contributed by atoms with Crippen molar-refractivity contribution < 1.29 is 14.2 Å². The first-order valence-electron chi connectivity index (χ1n) is 8.42. The van der Waals surface area contributed by atoms with E-state index in [-0.39, 0.29) is 0 Å². The molecule has 0 N–H and O–H groups in total. The smallest absolute Gasteiger partial charge is 0.231 e. The Labute approximate surface area is 147 Å². The summed E-state index contributed by atoms with van der Waals surface area (Å²) in [6, 6.07) is 14.2. The monoisotopic (exact) mass is 336 g/mol. The number of anilines is 1. The lowest BCUT2D eigenvalue weighted by atomic mass is 10.2. The number of hydrogen-bond donors (Lipinski definition) is 0. The summed E-state index contributed by atoms with van der Waals surface area (Å²) >= 11 is 0. The van der Waals surface area contributed by atoms with Crippen LogP contribution < -0.4 is 14.4 Å². The van der Waals surface area contributed by atoms with Crippen molar-refractivity contribution in [1.82, 2.24) is 0 Å². The Morgan fingerprint density at radius 2 is 1.72 bits per heavy atom. The van der Waals surface area contributed by atoms with E-state index in [9.17, 15) is 0 Å². The summed E-state index contributed by atoms with van der Waals surface area (Å²) in [6.45, 7) is 3.78. The van der Waals surface area contributed by atoms with Crippen molar-refractivity contribution in [1.29, 1.82) is 0 Å². The predicted octanol–water partition coefficient (Wildman–Crippen LogP) is 3.67. The Balaban J connectivity index is 1.36. The third-order valence-corrected chi connectivity index (χ3v) is 4.22. The quantitative estimate of drug-likeness (QED) is 0.799. The van der Waals surface area contributed by atoms with Crippen LogP contribution in [-0.2, 0) is 4.74 Å². The van der Waals surface area contributed by atoms with Crippen LogP contribution in [0, 0.1) is 0 Å². The Morgan fingerprint density at radius 1 is 0.920 bits per heavy atom. The Hall–Kier alpha value is -2.79. The summed E-state index contributed by atoms with van der Waals surface area (Å²) in [5, 5.41) is 0. The molecule has 5 heteroatoms. The van der Waals surface area contributed by atoms with Crippen LogP contribution in [0.5, 0.6) is 11.5 Å². The van der Waals surface area contributed by atoms with E-state index in [2.05, 4.69) is 22.0 Å². The molecule has 2 aromatic carbocycles. The lowest BCUT2D eigenvalue weighted by Crippen LogP contribution is -2.36. The average molecular weight is 336 g/mol. The highest BCUT2D eigenvalue weighted by Crippen LogP contribution is 2.32. The van der Waals surface area contributed by atoms with Gasteiger partial charge in [0.25, 0.3) is 0 Å². The molecule has 0 aromatic heterocycles. The van der Waals surface area contributed by atoms with Crippen LogP contribution in [0.25, 0.3) is 6.08 Å². The zero-order chi connectivity index (χ0) is 16.9. The van der Waals surface area contributed by atoms with Gasteiger partial charge in [0.2, 0.25) is 6.79 Å². The molecule has 1 saturated heterocycles. The molecule has 128 valence electrons. The Kier molecular flexibility index (Phi) is 4.65. The molecule has 2 heterocycles. The van der Waals surface area contributed by atoms with E-state index < -0.39 is 0 Å². The number of morpholine rings is 1. The van der Waals surface area contributed by atoms with E-state index in [1.54, 1.807) is 6.21 Å². The van der Waals surface area contributed by atoms with Crippen molar-refractivity contribution in [3.63, 3.8) is 0 Å². The van der Waals surface area contributed by atoms with Crippen LogP contribution in [0.4, 0.5) is 11.4 Å². The minimum Gasteiger partial charge on any atom is -0.454 e. The molecule has 2 aromatic rings. The lowest BCUT2D eigenvalue weighted by molar-refractivity contribution is 0.122. The number of nitrogens with zero attached hydrogens (tertiary/aromatic N) is 2. The van der Waals surface area contributed by atoms with Gasteiger partial charge in [0.05, 0.1) is 18.9 Å². The summed E-state index contributed by atoms with van der Waals surface area (Å²) in [6.07, 6.45) is 5.72. The molecular formula is C20H20N2O3. The van der Waals surface area contributed by atoms with Crippen LogP contribution >= 0.6 is 0 Å². The summed E-state index contributed by atoms with van der Waals surface area (Å²) in [4.78, 5) is 6.80. The van der Waals surface area contributed by atoms with Gasteiger partial charge in [-0.05, 0) is 48.0 Å². The second kappa shape index (κ2) is 7.40. The second-order valence-electron chi connectivity index (χ2n) is 5.87. The third kappa shape index (κ3) is 3.83. The van der Waals surface area contributed by atoms with Gasteiger partial charge in [-0.25, -0.2) is 0 Å². The van der Waals surface area contributed by atoms with Crippen LogP contribution in [0.3, 0.4) is 0 Å². The average Bonchev–Trinajstić information content (AvgIpc) is 3.14. The third-order valence-electron chi connectivity index (χ3n) is 4.22. The fourth-order valence-electron chi connectivity index (χ4n) is 2.87. The van der Waals surface area contributed by atoms with Crippen molar-refractivity contribution in [2.75, 3.05) is 38.0 Å². The topological polar surface area (TPSA) is 43.3 Å². The number of hydrogen-bond acceptors (Lipinski definition) is 5. The van der Waals surface area contributed by atoms with Gasteiger partial charge in [0, 0.05) is 25.0 Å². The highest BCUT2D eigenvalue weighted by Gasteiger charge is 2.12. The lowest BCUT2D eigenvalue weighted by Gasteiger charge is -2.28. The molecule has 5 nitrogen and oxygen atoms in total. The SMILES string of the molecule is C(/C=C/c1ccc2c(c1)OCO2)=Nc1ccc(N2CCOCC2)cc1. The van der Waals surface area contributed by atoms with Gasteiger partial charge in [-0.1, -0.05) is 12.1 Å². The van der Waals surface area contributed by atoms with Gasteiger partial charge in [0.15, 0.2) is 11.5 Å². The summed E-state index contributed by atoms with van der Waals surface area (Å²) in [5.74, 6) is 1.59. The zero-order valence-corrected chi connectivity index (χ0v) is 13.9. The molecule has 25 heavy (non-hydrogen) atoms. The maximum absolute atomic E-state index is 5.38.